The summed E-state index contributed by atoms with van der Waals surface area (Å²) in [5, 5.41) is 16.1. The minimum atomic E-state index is -0.797. The van der Waals surface area contributed by atoms with Gasteiger partial charge in [-0.3, -0.25) is 14.4 Å². The van der Waals surface area contributed by atoms with Crippen molar-refractivity contribution in [2.75, 3.05) is 19.6 Å². The predicted molar refractivity (Wildman–Crippen MR) is 55.7 cm³/mol. The van der Waals surface area contributed by atoms with Crippen LogP contribution in [0.3, 0.4) is 0 Å². The van der Waals surface area contributed by atoms with Crippen molar-refractivity contribution in [1.82, 2.24) is 25.0 Å². The van der Waals surface area contributed by atoms with Crippen molar-refractivity contribution in [3.8, 4) is 0 Å². The van der Waals surface area contributed by atoms with Gasteiger partial charge in [0.2, 0.25) is 0 Å². The zero-order valence-corrected chi connectivity index (χ0v) is 9.13. The van der Waals surface area contributed by atoms with E-state index in [1.807, 2.05) is 4.90 Å². The summed E-state index contributed by atoms with van der Waals surface area (Å²) in [7, 11) is 1.81. The number of hydrogen-bond donors (Lipinski definition) is 2. The zero-order chi connectivity index (χ0) is 11.5. The molecule has 0 radical (unpaired) electrons. The van der Waals surface area contributed by atoms with Crippen LogP contribution < -0.4 is 5.32 Å². The van der Waals surface area contributed by atoms with Gasteiger partial charge in [0.15, 0.2) is 0 Å². The SMILES string of the molecule is Cn1ncnc1CN1CCNCC1C(=O)O. The number of rotatable bonds is 3. The molecule has 1 fully saturated rings. The molecule has 2 rings (SSSR count). The van der Waals surface area contributed by atoms with Gasteiger partial charge >= 0.3 is 5.97 Å². The van der Waals surface area contributed by atoms with Gasteiger partial charge < -0.3 is 10.4 Å². The summed E-state index contributed by atoms with van der Waals surface area (Å²) in [5.41, 5.74) is 0. The lowest BCUT2D eigenvalue weighted by atomic mass is 10.2. The van der Waals surface area contributed by atoms with Crippen molar-refractivity contribution in [2.45, 2.75) is 12.6 Å². The van der Waals surface area contributed by atoms with E-state index >= 15 is 0 Å². The first-order valence-corrected chi connectivity index (χ1v) is 5.19. The average molecular weight is 225 g/mol. The molecule has 0 aliphatic carbocycles. The largest absolute Gasteiger partial charge is 0.480 e. The van der Waals surface area contributed by atoms with E-state index in [4.69, 9.17) is 5.11 Å². The highest BCUT2D eigenvalue weighted by Crippen LogP contribution is 2.08. The van der Waals surface area contributed by atoms with Crippen LogP contribution in [0.1, 0.15) is 5.82 Å². The molecule has 0 aromatic carbocycles. The lowest BCUT2D eigenvalue weighted by molar-refractivity contribution is -0.144. The third-order valence-corrected chi connectivity index (χ3v) is 2.79. The van der Waals surface area contributed by atoms with Gasteiger partial charge in [0.05, 0.1) is 6.54 Å². The molecule has 0 bridgehead atoms. The fraction of sp³-hybridized carbons (Fsp3) is 0.667. The van der Waals surface area contributed by atoms with Gasteiger partial charge in [-0.2, -0.15) is 5.10 Å². The quantitative estimate of drug-likeness (QED) is 0.663. The highest BCUT2D eigenvalue weighted by Gasteiger charge is 2.28. The number of piperazine rings is 1. The van der Waals surface area contributed by atoms with Crippen molar-refractivity contribution >= 4 is 5.97 Å². The Morgan fingerprint density at radius 3 is 3.19 bits per heavy atom. The van der Waals surface area contributed by atoms with E-state index in [1.165, 1.54) is 6.33 Å². The van der Waals surface area contributed by atoms with Crippen LogP contribution >= 0.6 is 0 Å². The second-order valence-electron chi connectivity index (χ2n) is 3.83. The third kappa shape index (κ3) is 2.20. The number of aromatic nitrogens is 3. The van der Waals surface area contributed by atoms with Crippen molar-refractivity contribution in [2.24, 2.45) is 7.05 Å². The molecule has 1 aromatic heterocycles. The first-order chi connectivity index (χ1) is 7.68. The monoisotopic (exact) mass is 225 g/mol. The second-order valence-corrected chi connectivity index (χ2v) is 3.83. The first-order valence-electron chi connectivity index (χ1n) is 5.19. The average Bonchev–Trinajstić information content (AvgIpc) is 2.65. The number of nitrogens with zero attached hydrogens (tertiary/aromatic N) is 4. The molecule has 0 spiro atoms. The van der Waals surface area contributed by atoms with E-state index in [0.29, 0.717) is 19.6 Å². The molecule has 0 saturated carbocycles. The first kappa shape index (κ1) is 11.0. The molecule has 7 heteroatoms. The van der Waals surface area contributed by atoms with Gasteiger partial charge in [0.25, 0.3) is 0 Å². The highest BCUT2D eigenvalue weighted by atomic mass is 16.4. The Kier molecular flexibility index (Phi) is 3.16. The normalized spacial score (nSPS) is 22.2. The van der Waals surface area contributed by atoms with Crippen LogP contribution in [-0.4, -0.2) is 56.4 Å². The topological polar surface area (TPSA) is 83.3 Å². The smallest absolute Gasteiger partial charge is 0.322 e. The summed E-state index contributed by atoms with van der Waals surface area (Å²) < 4.78 is 1.67. The molecule has 1 atom stereocenters. The molecule has 1 aliphatic rings. The third-order valence-electron chi connectivity index (χ3n) is 2.79. The number of carboxylic acids is 1. The minimum Gasteiger partial charge on any atom is -0.480 e. The fourth-order valence-electron chi connectivity index (χ4n) is 1.82. The van der Waals surface area contributed by atoms with E-state index in [1.54, 1.807) is 11.7 Å². The standard InChI is InChI=1S/C9H15N5O2/c1-13-8(11-6-12-13)5-14-3-2-10-4-7(14)9(15)16/h6-7,10H,2-5H2,1H3,(H,15,16). The van der Waals surface area contributed by atoms with E-state index in [-0.39, 0.29) is 0 Å². The van der Waals surface area contributed by atoms with Crippen molar-refractivity contribution in [3.63, 3.8) is 0 Å². The van der Waals surface area contributed by atoms with Crippen molar-refractivity contribution in [3.05, 3.63) is 12.2 Å². The predicted octanol–water partition coefficient (Wildman–Crippen LogP) is -1.33. The molecule has 0 amide bonds. The van der Waals surface area contributed by atoms with Crippen LogP contribution in [0.4, 0.5) is 0 Å². The summed E-state index contributed by atoms with van der Waals surface area (Å²) in [5.74, 6) is -0.0116. The molecule has 1 aliphatic heterocycles. The van der Waals surface area contributed by atoms with Crippen LogP contribution in [0.15, 0.2) is 6.33 Å². The van der Waals surface area contributed by atoms with Crippen LogP contribution in [0.5, 0.6) is 0 Å². The van der Waals surface area contributed by atoms with Crippen LogP contribution in [0.25, 0.3) is 0 Å². The number of hydrogen-bond acceptors (Lipinski definition) is 5. The molecule has 2 heterocycles. The van der Waals surface area contributed by atoms with E-state index in [0.717, 1.165) is 12.4 Å². The van der Waals surface area contributed by atoms with Gasteiger partial charge in [0, 0.05) is 26.7 Å². The van der Waals surface area contributed by atoms with Crippen LogP contribution in [0, 0.1) is 0 Å². The van der Waals surface area contributed by atoms with Gasteiger partial charge in [-0.1, -0.05) is 0 Å². The maximum Gasteiger partial charge on any atom is 0.322 e. The Bertz CT molecular complexity index is 378. The van der Waals surface area contributed by atoms with Gasteiger partial charge in [-0.25, -0.2) is 4.98 Å². The minimum absolute atomic E-state index is 0.479. The molecule has 1 saturated heterocycles. The number of carbonyl (C=O) groups is 1. The fourth-order valence-corrected chi connectivity index (χ4v) is 1.82. The van der Waals surface area contributed by atoms with Crippen LogP contribution in [0.2, 0.25) is 0 Å². The Hall–Kier alpha value is -1.47. The Labute approximate surface area is 93.1 Å². The summed E-state index contributed by atoms with van der Waals surface area (Å²) in [6.45, 7) is 2.52. The lowest BCUT2D eigenvalue weighted by Gasteiger charge is -2.32. The molecule has 2 N–H and O–H groups in total. The number of nitrogens with one attached hydrogen (secondary N) is 1. The number of aryl methyl sites for hydroxylation is 1. The van der Waals surface area contributed by atoms with E-state index in [9.17, 15) is 4.79 Å². The number of carboxylic acid groups (broad SMARTS) is 1. The Morgan fingerprint density at radius 1 is 1.75 bits per heavy atom. The lowest BCUT2D eigenvalue weighted by Crippen LogP contribution is -2.54. The second kappa shape index (κ2) is 4.58. The molecular weight excluding hydrogens is 210 g/mol. The van der Waals surface area contributed by atoms with Gasteiger partial charge in [0.1, 0.15) is 18.2 Å². The van der Waals surface area contributed by atoms with Crippen molar-refractivity contribution in [1.29, 1.82) is 0 Å². The summed E-state index contributed by atoms with van der Waals surface area (Å²) in [6, 6.07) is -0.481. The van der Waals surface area contributed by atoms with Crippen LogP contribution in [-0.2, 0) is 18.4 Å². The summed E-state index contributed by atoms with van der Waals surface area (Å²) in [6.07, 6.45) is 1.48. The Morgan fingerprint density at radius 2 is 2.56 bits per heavy atom. The maximum atomic E-state index is 11.1. The zero-order valence-electron chi connectivity index (χ0n) is 9.13. The number of aliphatic carboxylic acids is 1. The summed E-state index contributed by atoms with van der Waals surface area (Å²) in [4.78, 5) is 17.1. The molecule has 16 heavy (non-hydrogen) atoms. The molecule has 88 valence electrons. The highest BCUT2D eigenvalue weighted by molar-refractivity contribution is 5.73. The Balaban J connectivity index is 2.07. The maximum absolute atomic E-state index is 11.1. The van der Waals surface area contributed by atoms with Gasteiger partial charge in [-0.15, -0.1) is 0 Å². The van der Waals surface area contributed by atoms with E-state index in [2.05, 4.69) is 15.4 Å². The van der Waals surface area contributed by atoms with E-state index < -0.39 is 12.0 Å². The molecule has 1 aromatic rings. The molecule has 1 unspecified atom stereocenters. The van der Waals surface area contributed by atoms with Gasteiger partial charge in [-0.05, 0) is 0 Å². The molecule has 7 nitrogen and oxygen atoms in total. The molecular formula is C9H15N5O2. The summed E-state index contributed by atoms with van der Waals surface area (Å²) >= 11 is 0. The van der Waals surface area contributed by atoms with Crippen molar-refractivity contribution < 1.29 is 9.90 Å².